The number of thiophene rings is 2. The Morgan fingerprint density at radius 2 is 1.48 bits per heavy atom. The zero-order valence-corrected chi connectivity index (χ0v) is 31.4. The van der Waals surface area contributed by atoms with Crippen LogP contribution in [0.3, 0.4) is 0 Å². The quantitative estimate of drug-likeness (QED) is 0.148. The van der Waals surface area contributed by atoms with E-state index < -0.39 is 29.6 Å². The van der Waals surface area contributed by atoms with Crippen molar-refractivity contribution in [1.29, 1.82) is 5.26 Å². The standard InChI is InChI=1S/C40H23N7O6S3/c1-21-25(17-41)37(48)47(40(51)53-20-23-12-6-3-7-13-23)38(49)30(21)43-36-32-31(44-56-45-32)26(18-42-36)29-16-27-34(55-29)35-33(24-14-8-9-15-28(24)54-35)46(27)39(50)52-19-22-10-4-2-5-11-22/h2-16,18H,19-20H2,1H3/b43-30-. The number of hydrogen-bond donors (Lipinski definition) is 0. The van der Waals surface area contributed by atoms with Crippen molar-refractivity contribution in [2.24, 2.45) is 4.99 Å². The Balaban J connectivity index is 1.10. The molecule has 13 nitrogen and oxygen atoms in total. The van der Waals surface area contributed by atoms with Crippen molar-refractivity contribution in [3.8, 4) is 16.5 Å². The molecule has 0 spiro atoms. The maximum absolute atomic E-state index is 13.9. The van der Waals surface area contributed by atoms with E-state index >= 15 is 0 Å². The van der Waals surface area contributed by atoms with Crippen molar-refractivity contribution in [3.63, 3.8) is 0 Å². The number of hydrogen-bond acceptors (Lipinski definition) is 14. The van der Waals surface area contributed by atoms with Gasteiger partial charge >= 0.3 is 12.2 Å². The molecule has 0 unspecified atom stereocenters. The first-order chi connectivity index (χ1) is 27.3. The Morgan fingerprint density at radius 1 is 0.821 bits per heavy atom. The second-order valence-corrected chi connectivity index (χ2v) is 15.1. The van der Waals surface area contributed by atoms with E-state index in [2.05, 4.69) is 18.7 Å². The van der Waals surface area contributed by atoms with Crippen molar-refractivity contribution < 1.29 is 28.7 Å². The molecule has 8 aromatic rings. The first-order valence-corrected chi connectivity index (χ1v) is 19.3. The van der Waals surface area contributed by atoms with Crippen LogP contribution in [-0.2, 0) is 32.3 Å². The maximum atomic E-state index is 13.9. The lowest BCUT2D eigenvalue weighted by atomic mass is 9.99. The number of carbonyl (C=O) groups is 4. The molecule has 0 bridgehead atoms. The molecule has 0 atom stereocenters. The average Bonchev–Trinajstić information content (AvgIpc) is 4.01. The molecule has 9 rings (SSSR count). The molecular weight excluding hydrogens is 771 g/mol. The van der Waals surface area contributed by atoms with Gasteiger partial charge in [-0.1, -0.05) is 78.9 Å². The van der Waals surface area contributed by atoms with Gasteiger partial charge < -0.3 is 9.47 Å². The second-order valence-electron chi connectivity index (χ2n) is 12.5. The normalized spacial score (nSPS) is 14.1. The summed E-state index contributed by atoms with van der Waals surface area (Å²) in [7, 11) is 0. The zero-order valence-electron chi connectivity index (χ0n) is 29.0. The molecule has 0 N–H and O–H groups in total. The monoisotopic (exact) mass is 793 g/mol. The van der Waals surface area contributed by atoms with Crippen LogP contribution in [0.25, 0.3) is 52.0 Å². The molecule has 0 saturated carbocycles. The van der Waals surface area contributed by atoms with Crippen molar-refractivity contribution in [1.82, 2.24) is 23.2 Å². The smallest absolute Gasteiger partial charge is 0.424 e. The highest BCUT2D eigenvalue weighted by Crippen LogP contribution is 2.47. The Bertz CT molecular complexity index is 3050. The third-order valence-electron chi connectivity index (χ3n) is 9.15. The second kappa shape index (κ2) is 14.0. The highest BCUT2D eigenvalue weighted by Gasteiger charge is 2.42. The molecule has 56 heavy (non-hydrogen) atoms. The molecule has 1 aliphatic rings. The number of fused-ring (bicyclic) bond motifs is 6. The lowest BCUT2D eigenvalue weighted by Crippen LogP contribution is -2.50. The van der Waals surface area contributed by atoms with Gasteiger partial charge in [-0.2, -0.15) is 18.9 Å². The number of amides is 3. The number of nitriles is 1. The van der Waals surface area contributed by atoms with Gasteiger partial charge in [-0.05, 0) is 30.2 Å². The predicted molar refractivity (Wildman–Crippen MR) is 213 cm³/mol. The molecule has 272 valence electrons. The molecule has 0 fully saturated rings. The van der Waals surface area contributed by atoms with E-state index in [1.807, 2.05) is 60.7 Å². The van der Waals surface area contributed by atoms with Crippen LogP contribution in [0.4, 0.5) is 15.4 Å². The SMILES string of the molecule is CC1=C(C#N)C(=O)N(C(=O)OCc2ccccc2)C(=O)/C1=N\c1ncc(-c2cc3c(s2)c2sc4ccccc4c2n3C(=O)OCc2ccccc2)c2nsnc12. The van der Waals surface area contributed by atoms with Crippen LogP contribution in [0.1, 0.15) is 18.1 Å². The summed E-state index contributed by atoms with van der Waals surface area (Å²) < 4.78 is 24.6. The van der Waals surface area contributed by atoms with Crippen LogP contribution >= 0.6 is 34.4 Å². The number of pyridine rings is 1. The number of carbonyl (C=O) groups excluding carboxylic acids is 4. The van der Waals surface area contributed by atoms with E-state index in [1.54, 1.807) is 58.5 Å². The summed E-state index contributed by atoms with van der Waals surface area (Å²) in [6, 6.07) is 29.8. The van der Waals surface area contributed by atoms with Crippen LogP contribution < -0.4 is 0 Å². The van der Waals surface area contributed by atoms with Gasteiger partial charge in [0, 0.05) is 32.3 Å². The van der Waals surface area contributed by atoms with Gasteiger partial charge in [0.15, 0.2) is 5.82 Å². The van der Waals surface area contributed by atoms with E-state index in [1.165, 1.54) is 18.3 Å². The molecule has 16 heteroatoms. The van der Waals surface area contributed by atoms with Gasteiger partial charge in [0.2, 0.25) is 0 Å². The first-order valence-electron chi connectivity index (χ1n) is 16.9. The minimum atomic E-state index is -1.24. The van der Waals surface area contributed by atoms with E-state index in [-0.39, 0.29) is 40.7 Å². The topological polar surface area (TPSA) is 170 Å². The minimum Gasteiger partial charge on any atom is -0.444 e. The van der Waals surface area contributed by atoms with Gasteiger partial charge in [-0.15, -0.1) is 22.7 Å². The highest BCUT2D eigenvalue weighted by atomic mass is 32.1. The summed E-state index contributed by atoms with van der Waals surface area (Å²) in [6.45, 7) is 1.30. The van der Waals surface area contributed by atoms with Crippen molar-refractivity contribution in [2.45, 2.75) is 20.1 Å². The Kier molecular flexibility index (Phi) is 8.73. The fourth-order valence-electron chi connectivity index (χ4n) is 6.43. The third-order valence-corrected chi connectivity index (χ3v) is 12.2. The molecule has 3 amide bonds. The minimum absolute atomic E-state index is 0.00792. The average molecular weight is 794 g/mol. The fourth-order valence-corrected chi connectivity index (χ4v) is 9.47. The Hall–Kier alpha value is -6.93. The van der Waals surface area contributed by atoms with Gasteiger partial charge in [-0.25, -0.2) is 24.1 Å². The maximum Gasteiger partial charge on any atom is 0.424 e. The summed E-state index contributed by atoms with van der Waals surface area (Å²) in [6.07, 6.45) is -0.214. The fraction of sp³-hybridized carbons (Fsp3) is 0.0750. The van der Waals surface area contributed by atoms with Crippen LogP contribution in [-0.4, -0.2) is 52.9 Å². The van der Waals surface area contributed by atoms with Crippen LogP contribution in [0.5, 0.6) is 0 Å². The van der Waals surface area contributed by atoms with Crippen molar-refractivity contribution >= 4 is 111 Å². The number of rotatable bonds is 6. The summed E-state index contributed by atoms with van der Waals surface area (Å²) in [5.74, 6) is -2.19. The lowest BCUT2D eigenvalue weighted by molar-refractivity contribution is -0.136. The molecule has 1 aliphatic heterocycles. The summed E-state index contributed by atoms with van der Waals surface area (Å²) >= 11 is 3.97. The number of ether oxygens (including phenoxy) is 2. The summed E-state index contributed by atoms with van der Waals surface area (Å²) in [5.41, 5.74) is 3.42. The highest BCUT2D eigenvalue weighted by molar-refractivity contribution is 7.32. The van der Waals surface area contributed by atoms with Crippen molar-refractivity contribution in [3.05, 3.63) is 119 Å². The Morgan fingerprint density at radius 3 is 2.20 bits per heavy atom. The van der Waals surface area contributed by atoms with Crippen LogP contribution in [0.15, 0.2) is 113 Å². The molecule has 6 heterocycles. The van der Waals surface area contributed by atoms with E-state index in [0.29, 0.717) is 22.2 Å². The van der Waals surface area contributed by atoms with E-state index in [9.17, 15) is 24.4 Å². The summed E-state index contributed by atoms with van der Waals surface area (Å²) in [4.78, 5) is 63.9. The number of benzene rings is 3. The van der Waals surface area contributed by atoms with Crippen LogP contribution in [0, 0.1) is 11.3 Å². The van der Waals surface area contributed by atoms with E-state index in [4.69, 9.17) is 9.47 Å². The third kappa shape index (κ3) is 5.82. The first kappa shape index (κ1) is 34.8. The van der Waals surface area contributed by atoms with Gasteiger partial charge in [-0.3, -0.25) is 9.59 Å². The molecule has 0 aliphatic carbocycles. The molecular formula is C40H23N7O6S3. The molecule has 3 aromatic carbocycles. The van der Waals surface area contributed by atoms with E-state index in [0.717, 1.165) is 47.2 Å². The summed E-state index contributed by atoms with van der Waals surface area (Å²) in [5, 5.41) is 10.8. The van der Waals surface area contributed by atoms with Gasteiger partial charge in [0.05, 0.1) is 32.2 Å². The number of aliphatic imine (C=N–C) groups is 1. The Labute approximate surface area is 328 Å². The van der Waals surface area contributed by atoms with Crippen molar-refractivity contribution in [2.75, 3.05) is 0 Å². The lowest BCUT2D eigenvalue weighted by Gasteiger charge is -2.24. The van der Waals surface area contributed by atoms with Gasteiger partial charge in [0.25, 0.3) is 11.8 Å². The zero-order chi connectivity index (χ0) is 38.5. The number of aromatic nitrogens is 4. The molecule has 5 aromatic heterocycles. The van der Waals surface area contributed by atoms with Gasteiger partial charge in [0.1, 0.15) is 41.6 Å². The number of nitrogens with zero attached hydrogens (tertiary/aromatic N) is 7. The predicted octanol–water partition coefficient (Wildman–Crippen LogP) is 8.94. The number of imide groups is 3. The largest absolute Gasteiger partial charge is 0.444 e. The molecule has 0 radical (unpaired) electrons. The van der Waals surface area contributed by atoms with Crippen LogP contribution in [0.2, 0.25) is 0 Å². The molecule has 0 saturated heterocycles.